The molecule has 0 aliphatic carbocycles. The van der Waals surface area contributed by atoms with Crippen molar-refractivity contribution in [2.45, 2.75) is 20.4 Å². The largest absolute Gasteiger partial charge is 0.390 e. The summed E-state index contributed by atoms with van der Waals surface area (Å²) in [5.41, 5.74) is 5.77. The first-order valence-electron chi connectivity index (χ1n) is 8.50. The second-order valence-corrected chi connectivity index (χ2v) is 7.03. The minimum atomic E-state index is 0.626. The molecule has 0 saturated carbocycles. The van der Waals surface area contributed by atoms with Crippen LogP contribution in [0.15, 0.2) is 42.5 Å². The minimum absolute atomic E-state index is 0.626. The highest BCUT2D eigenvalue weighted by Gasteiger charge is 2.28. The zero-order valence-electron chi connectivity index (χ0n) is 14.0. The number of aryl methyl sites for hydroxylation is 2. The zero-order valence-corrected chi connectivity index (χ0v) is 14.0. The Hall–Kier alpha value is -2.06. The standard InChI is InChI=1S/C21H24N2/c1-15-7-16(2)9-17(8-15)12-23-13-19-11-22-10-18-5-3-4-6-20(18)21(19)14-23/h3-10,19,22H,11-14H2,1-2H3/t19-/m0/s1. The van der Waals surface area contributed by atoms with E-state index >= 15 is 0 Å². The molecule has 2 nitrogen and oxygen atoms in total. The number of hydrogen-bond acceptors (Lipinski definition) is 2. The van der Waals surface area contributed by atoms with Gasteiger partial charge >= 0.3 is 0 Å². The fourth-order valence-electron chi connectivity index (χ4n) is 4.11. The molecule has 2 heteroatoms. The number of likely N-dealkylation sites (tertiary alicyclic amines) is 1. The van der Waals surface area contributed by atoms with E-state index in [-0.39, 0.29) is 0 Å². The fraction of sp³-hybridized carbons (Fsp3) is 0.333. The Morgan fingerprint density at radius 2 is 1.87 bits per heavy atom. The van der Waals surface area contributed by atoms with E-state index in [9.17, 15) is 0 Å². The van der Waals surface area contributed by atoms with E-state index in [1.165, 1.54) is 27.1 Å². The van der Waals surface area contributed by atoms with Crippen LogP contribution in [-0.2, 0) is 6.54 Å². The second kappa shape index (κ2) is 5.86. The highest BCUT2D eigenvalue weighted by atomic mass is 15.2. The molecule has 2 aromatic carbocycles. The van der Waals surface area contributed by atoms with Crippen molar-refractivity contribution in [3.05, 3.63) is 69.6 Å². The molecule has 1 N–H and O–H groups in total. The molecule has 1 atom stereocenters. The topological polar surface area (TPSA) is 15.3 Å². The molecule has 0 spiro atoms. The van der Waals surface area contributed by atoms with Gasteiger partial charge in [-0.1, -0.05) is 53.6 Å². The van der Waals surface area contributed by atoms with Crippen LogP contribution in [0.5, 0.6) is 0 Å². The Bertz CT molecular complexity index is 830. The van der Waals surface area contributed by atoms with Crippen LogP contribution in [-0.4, -0.2) is 24.5 Å². The molecule has 2 aliphatic heterocycles. The normalized spacial score (nSPS) is 20.3. The molecular weight excluding hydrogens is 280 g/mol. The van der Waals surface area contributed by atoms with Crippen LogP contribution in [0.1, 0.15) is 16.7 Å². The maximum absolute atomic E-state index is 3.51. The van der Waals surface area contributed by atoms with Crippen molar-refractivity contribution < 1.29 is 0 Å². The average molecular weight is 304 g/mol. The lowest BCUT2D eigenvalue weighted by molar-refractivity contribution is 0.317. The maximum Gasteiger partial charge on any atom is 0.0237 e. The number of nitrogens with zero attached hydrogens (tertiary/aromatic N) is 1. The Labute approximate surface area is 138 Å². The number of benzene rings is 2. The summed E-state index contributed by atoms with van der Waals surface area (Å²) in [7, 11) is 0. The molecule has 2 aromatic rings. The highest BCUT2D eigenvalue weighted by molar-refractivity contribution is 5.55. The predicted molar refractivity (Wildman–Crippen MR) is 96.3 cm³/mol. The molecule has 4 rings (SSSR count). The molecule has 2 aliphatic rings. The summed E-state index contributed by atoms with van der Waals surface area (Å²) in [4.78, 5) is 2.60. The molecule has 1 fully saturated rings. The summed E-state index contributed by atoms with van der Waals surface area (Å²) in [5.74, 6) is 0.626. The molecule has 1 saturated heterocycles. The quantitative estimate of drug-likeness (QED) is 0.912. The molecule has 0 amide bonds. The van der Waals surface area contributed by atoms with Crippen molar-refractivity contribution in [3.63, 3.8) is 0 Å². The van der Waals surface area contributed by atoms with Crippen molar-refractivity contribution in [1.29, 1.82) is 0 Å². The number of fused-ring (bicyclic) bond motifs is 2. The first kappa shape index (κ1) is 14.5. The summed E-state index contributed by atoms with van der Waals surface area (Å²) in [6.45, 7) is 8.72. The van der Waals surface area contributed by atoms with Gasteiger partial charge < -0.3 is 5.32 Å². The summed E-state index contributed by atoms with van der Waals surface area (Å²) in [6, 6.07) is 15.7. The predicted octanol–water partition coefficient (Wildman–Crippen LogP) is 1.93. The Morgan fingerprint density at radius 3 is 2.70 bits per heavy atom. The fourth-order valence-corrected chi connectivity index (χ4v) is 4.11. The maximum atomic E-state index is 3.51. The van der Waals surface area contributed by atoms with E-state index in [1.54, 1.807) is 5.57 Å². The van der Waals surface area contributed by atoms with Gasteiger partial charge in [0.25, 0.3) is 0 Å². The lowest BCUT2D eigenvalue weighted by Gasteiger charge is -2.16. The molecule has 118 valence electrons. The SMILES string of the molecule is Cc1cc(C)cc(CN2CC3=c4ccccc4=CNC[C@H]3C2)c1. The first-order valence-corrected chi connectivity index (χ1v) is 8.50. The van der Waals surface area contributed by atoms with Crippen LogP contribution in [0.25, 0.3) is 11.8 Å². The first-order chi connectivity index (χ1) is 11.2. The minimum Gasteiger partial charge on any atom is -0.390 e. The summed E-state index contributed by atoms with van der Waals surface area (Å²) in [5, 5.41) is 6.27. The highest BCUT2D eigenvalue weighted by Crippen LogP contribution is 2.24. The van der Waals surface area contributed by atoms with Crippen LogP contribution in [0.2, 0.25) is 0 Å². The molecule has 0 radical (unpaired) electrons. The van der Waals surface area contributed by atoms with Gasteiger partial charge in [-0.25, -0.2) is 0 Å². The van der Waals surface area contributed by atoms with E-state index in [4.69, 9.17) is 0 Å². The molecule has 23 heavy (non-hydrogen) atoms. The number of rotatable bonds is 2. The molecule has 2 heterocycles. The van der Waals surface area contributed by atoms with Crippen LogP contribution < -0.4 is 15.8 Å². The van der Waals surface area contributed by atoms with Gasteiger partial charge in [-0.05, 0) is 35.4 Å². The third-order valence-corrected chi connectivity index (χ3v) is 4.98. The molecule has 0 aromatic heterocycles. The molecule has 0 unspecified atom stereocenters. The summed E-state index contributed by atoms with van der Waals surface area (Å²) < 4.78 is 0. The van der Waals surface area contributed by atoms with Crippen molar-refractivity contribution in [3.8, 4) is 0 Å². The van der Waals surface area contributed by atoms with Gasteiger partial charge in [-0.15, -0.1) is 0 Å². The monoisotopic (exact) mass is 304 g/mol. The van der Waals surface area contributed by atoms with Crippen molar-refractivity contribution in [1.82, 2.24) is 10.2 Å². The van der Waals surface area contributed by atoms with Gasteiger partial charge in [0, 0.05) is 38.3 Å². The van der Waals surface area contributed by atoms with Gasteiger partial charge in [-0.2, -0.15) is 0 Å². The van der Waals surface area contributed by atoms with Gasteiger partial charge in [0.15, 0.2) is 0 Å². The van der Waals surface area contributed by atoms with Gasteiger partial charge in [0.1, 0.15) is 0 Å². The van der Waals surface area contributed by atoms with Gasteiger partial charge in [0.05, 0.1) is 0 Å². The third-order valence-electron chi connectivity index (χ3n) is 4.98. The molecule has 0 bridgehead atoms. The number of hydrogen-bond donors (Lipinski definition) is 1. The van der Waals surface area contributed by atoms with E-state index in [0.29, 0.717) is 5.92 Å². The van der Waals surface area contributed by atoms with E-state index < -0.39 is 0 Å². The lowest BCUT2D eigenvalue weighted by Crippen LogP contribution is -2.28. The second-order valence-electron chi connectivity index (χ2n) is 7.03. The van der Waals surface area contributed by atoms with E-state index in [1.807, 2.05) is 0 Å². The average Bonchev–Trinajstić information content (AvgIpc) is 2.81. The van der Waals surface area contributed by atoms with Crippen LogP contribution in [0, 0.1) is 19.8 Å². The third kappa shape index (κ3) is 2.91. The Balaban J connectivity index is 1.65. The van der Waals surface area contributed by atoms with Crippen molar-refractivity contribution in [2.75, 3.05) is 19.6 Å². The van der Waals surface area contributed by atoms with Gasteiger partial charge in [-0.3, -0.25) is 4.90 Å². The van der Waals surface area contributed by atoms with Crippen LogP contribution in [0.3, 0.4) is 0 Å². The molecular formula is C21H24N2. The lowest BCUT2D eigenvalue weighted by atomic mass is 10.0. The van der Waals surface area contributed by atoms with E-state index in [2.05, 4.69) is 72.7 Å². The summed E-state index contributed by atoms with van der Waals surface area (Å²) in [6.07, 6.45) is 2.18. The van der Waals surface area contributed by atoms with E-state index in [0.717, 1.165) is 26.2 Å². The number of nitrogens with one attached hydrogen (secondary N) is 1. The zero-order chi connectivity index (χ0) is 15.8. The van der Waals surface area contributed by atoms with Crippen LogP contribution >= 0.6 is 0 Å². The van der Waals surface area contributed by atoms with Gasteiger partial charge in [0.2, 0.25) is 0 Å². The Kier molecular flexibility index (Phi) is 3.70. The summed E-state index contributed by atoms with van der Waals surface area (Å²) >= 11 is 0. The smallest absolute Gasteiger partial charge is 0.0237 e. The van der Waals surface area contributed by atoms with Crippen LogP contribution in [0.4, 0.5) is 0 Å². The van der Waals surface area contributed by atoms with Crippen molar-refractivity contribution in [2.24, 2.45) is 5.92 Å². The van der Waals surface area contributed by atoms with Crippen molar-refractivity contribution >= 4 is 11.8 Å². The Morgan fingerprint density at radius 1 is 1.09 bits per heavy atom.